The van der Waals surface area contributed by atoms with Gasteiger partial charge in [0.25, 0.3) is 0 Å². The highest BCUT2D eigenvalue weighted by atomic mass is 16.5. The van der Waals surface area contributed by atoms with Crippen LogP contribution in [0.5, 0.6) is 5.75 Å². The second-order valence-electron chi connectivity index (χ2n) is 6.61. The number of hydrogen-bond donors (Lipinski definition) is 0. The highest BCUT2D eigenvalue weighted by Crippen LogP contribution is 2.53. The summed E-state index contributed by atoms with van der Waals surface area (Å²) < 4.78 is 10.8. The first-order valence-corrected chi connectivity index (χ1v) is 9.20. The zero-order valence-electron chi connectivity index (χ0n) is 15.1. The van der Waals surface area contributed by atoms with Gasteiger partial charge in [-0.05, 0) is 61.6 Å². The van der Waals surface area contributed by atoms with E-state index in [9.17, 15) is 4.79 Å². The Kier molecular flexibility index (Phi) is 5.42. The lowest BCUT2D eigenvalue weighted by atomic mass is 9.87. The second kappa shape index (κ2) is 7.73. The molecule has 3 rings (SSSR count). The molecule has 0 unspecified atom stereocenters. The predicted octanol–water partition coefficient (Wildman–Crippen LogP) is 5.12. The number of carbonyl (C=O) groups is 1. The van der Waals surface area contributed by atoms with Gasteiger partial charge >= 0.3 is 5.97 Å². The zero-order valence-corrected chi connectivity index (χ0v) is 15.1. The molecule has 25 heavy (non-hydrogen) atoms. The van der Waals surface area contributed by atoms with E-state index < -0.39 is 0 Å². The van der Waals surface area contributed by atoms with Crippen LogP contribution < -0.4 is 4.74 Å². The first kappa shape index (κ1) is 17.5. The summed E-state index contributed by atoms with van der Waals surface area (Å²) in [6.45, 7) is 5.16. The SMILES string of the molecule is CCCCOc1ccc(C2(c3ccc(C(=O)OCC)cc3)CC2)cc1. The Hall–Kier alpha value is -2.29. The zero-order chi connectivity index (χ0) is 17.7. The number of unbranched alkanes of at least 4 members (excludes halogenated alkanes) is 1. The Labute approximate surface area is 150 Å². The molecule has 1 fully saturated rings. The van der Waals surface area contributed by atoms with E-state index in [1.54, 1.807) is 0 Å². The van der Waals surface area contributed by atoms with Gasteiger partial charge in [-0.3, -0.25) is 0 Å². The van der Waals surface area contributed by atoms with Crippen LogP contribution in [0.1, 0.15) is 61.0 Å². The van der Waals surface area contributed by atoms with Crippen LogP contribution in [0.4, 0.5) is 0 Å². The van der Waals surface area contributed by atoms with Crippen molar-refractivity contribution >= 4 is 5.97 Å². The van der Waals surface area contributed by atoms with Crippen LogP contribution in [0.3, 0.4) is 0 Å². The summed E-state index contributed by atoms with van der Waals surface area (Å²) in [4.78, 5) is 11.8. The molecule has 2 aromatic rings. The van der Waals surface area contributed by atoms with Crippen molar-refractivity contribution in [1.82, 2.24) is 0 Å². The Bertz CT molecular complexity index is 697. The molecule has 0 radical (unpaired) electrons. The summed E-state index contributed by atoms with van der Waals surface area (Å²) in [6.07, 6.45) is 4.51. The van der Waals surface area contributed by atoms with Gasteiger partial charge < -0.3 is 9.47 Å². The summed E-state index contributed by atoms with van der Waals surface area (Å²) in [5, 5.41) is 0. The molecule has 0 aliphatic heterocycles. The summed E-state index contributed by atoms with van der Waals surface area (Å²) in [6, 6.07) is 16.3. The highest BCUT2D eigenvalue weighted by molar-refractivity contribution is 5.89. The van der Waals surface area contributed by atoms with Gasteiger partial charge in [0.15, 0.2) is 0 Å². The molecule has 132 valence electrons. The molecule has 2 aromatic carbocycles. The normalized spacial score (nSPS) is 14.8. The van der Waals surface area contributed by atoms with Crippen molar-refractivity contribution in [3.63, 3.8) is 0 Å². The maximum atomic E-state index is 11.8. The Morgan fingerprint density at radius 2 is 1.56 bits per heavy atom. The van der Waals surface area contributed by atoms with Gasteiger partial charge in [0.05, 0.1) is 18.8 Å². The third kappa shape index (κ3) is 3.87. The number of benzene rings is 2. The Balaban J connectivity index is 1.72. The number of rotatable bonds is 8. The largest absolute Gasteiger partial charge is 0.494 e. The minimum Gasteiger partial charge on any atom is -0.494 e. The number of hydrogen-bond acceptors (Lipinski definition) is 3. The lowest BCUT2D eigenvalue weighted by Crippen LogP contribution is -2.10. The van der Waals surface area contributed by atoms with E-state index in [0.29, 0.717) is 12.2 Å². The standard InChI is InChI=1S/C22H26O3/c1-3-5-16-25-20-12-10-19(11-13-20)22(14-15-22)18-8-6-17(7-9-18)21(23)24-4-2/h6-13H,3-5,14-16H2,1-2H3. The van der Waals surface area contributed by atoms with Crippen molar-refractivity contribution in [2.45, 2.75) is 44.9 Å². The lowest BCUT2D eigenvalue weighted by molar-refractivity contribution is 0.0526. The summed E-state index contributed by atoms with van der Waals surface area (Å²) >= 11 is 0. The molecule has 0 heterocycles. The Morgan fingerprint density at radius 3 is 2.08 bits per heavy atom. The van der Waals surface area contributed by atoms with Crippen molar-refractivity contribution in [1.29, 1.82) is 0 Å². The van der Waals surface area contributed by atoms with E-state index in [1.807, 2.05) is 19.1 Å². The summed E-state index contributed by atoms with van der Waals surface area (Å²) in [5.41, 5.74) is 3.29. The van der Waals surface area contributed by atoms with Gasteiger partial charge in [-0.25, -0.2) is 4.79 Å². The maximum Gasteiger partial charge on any atom is 0.338 e. The Morgan fingerprint density at radius 1 is 0.960 bits per heavy atom. The molecule has 3 heteroatoms. The van der Waals surface area contributed by atoms with E-state index >= 15 is 0 Å². The van der Waals surface area contributed by atoms with Crippen LogP contribution in [0, 0.1) is 0 Å². The van der Waals surface area contributed by atoms with Gasteiger partial charge in [0, 0.05) is 5.41 Å². The fourth-order valence-electron chi connectivity index (χ4n) is 3.21. The van der Waals surface area contributed by atoms with E-state index in [-0.39, 0.29) is 11.4 Å². The van der Waals surface area contributed by atoms with Crippen molar-refractivity contribution in [3.05, 3.63) is 65.2 Å². The molecule has 1 aliphatic rings. The second-order valence-corrected chi connectivity index (χ2v) is 6.61. The van der Waals surface area contributed by atoms with Gasteiger partial charge in [0.2, 0.25) is 0 Å². The lowest BCUT2D eigenvalue weighted by Gasteiger charge is -2.17. The molecular weight excluding hydrogens is 312 g/mol. The number of ether oxygens (including phenoxy) is 2. The van der Waals surface area contributed by atoms with Crippen LogP contribution in [0.25, 0.3) is 0 Å². The first-order valence-electron chi connectivity index (χ1n) is 9.20. The average Bonchev–Trinajstić information content (AvgIpc) is 3.45. The van der Waals surface area contributed by atoms with E-state index in [0.717, 1.165) is 38.0 Å². The van der Waals surface area contributed by atoms with Crippen LogP contribution >= 0.6 is 0 Å². The van der Waals surface area contributed by atoms with Crippen LogP contribution in [-0.4, -0.2) is 19.2 Å². The minimum atomic E-state index is -0.257. The number of carbonyl (C=O) groups excluding carboxylic acids is 1. The first-order chi connectivity index (χ1) is 12.2. The smallest absolute Gasteiger partial charge is 0.338 e. The van der Waals surface area contributed by atoms with Crippen molar-refractivity contribution in [2.24, 2.45) is 0 Å². The van der Waals surface area contributed by atoms with E-state index in [2.05, 4.69) is 43.3 Å². The van der Waals surface area contributed by atoms with Crippen LogP contribution in [0.15, 0.2) is 48.5 Å². The highest BCUT2D eigenvalue weighted by Gasteiger charge is 2.45. The van der Waals surface area contributed by atoms with Crippen LogP contribution in [-0.2, 0) is 10.2 Å². The molecule has 1 aliphatic carbocycles. The molecule has 0 amide bonds. The summed E-state index contributed by atoms with van der Waals surface area (Å²) in [7, 11) is 0. The molecule has 0 aromatic heterocycles. The topological polar surface area (TPSA) is 35.5 Å². The molecule has 1 saturated carbocycles. The molecule has 3 nitrogen and oxygen atoms in total. The number of esters is 1. The average molecular weight is 338 g/mol. The fourth-order valence-corrected chi connectivity index (χ4v) is 3.21. The predicted molar refractivity (Wildman–Crippen MR) is 99.3 cm³/mol. The summed E-state index contributed by atoms with van der Waals surface area (Å²) in [5.74, 6) is 0.679. The molecule has 0 saturated heterocycles. The maximum absolute atomic E-state index is 11.8. The van der Waals surface area contributed by atoms with E-state index in [1.165, 1.54) is 11.1 Å². The van der Waals surface area contributed by atoms with Crippen LogP contribution in [0.2, 0.25) is 0 Å². The van der Waals surface area contributed by atoms with Gasteiger partial charge in [-0.1, -0.05) is 37.6 Å². The molecule has 0 atom stereocenters. The van der Waals surface area contributed by atoms with Gasteiger partial charge in [-0.2, -0.15) is 0 Å². The van der Waals surface area contributed by atoms with Gasteiger partial charge in [-0.15, -0.1) is 0 Å². The van der Waals surface area contributed by atoms with Gasteiger partial charge in [0.1, 0.15) is 5.75 Å². The molecule has 0 bridgehead atoms. The fraction of sp³-hybridized carbons (Fsp3) is 0.409. The van der Waals surface area contributed by atoms with Crippen molar-refractivity contribution in [3.8, 4) is 5.75 Å². The minimum absolute atomic E-state index is 0.0924. The molecule has 0 spiro atoms. The third-order valence-corrected chi connectivity index (χ3v) is 4.87. The quantitative estimate of drug-likeness (QED) is 0.495. The molecular formula is C22H26O3. The monoisotopic (exact) mass is 338 g/mol. The molecule has 0 N–H and O–H groups in total. The third-order valence-electron chi connectivity index (χ3n) is 4.87. The van der Waals surface area contributed by atoms with Crippen molar-refractivity contribution < 1.29 is 14.3 Å². The van der Waals surface area contributed by atoms with E-state index in [4.69, 9.17) is 9.47 Å². The van der Waals surface area contributed by atoms with Crippen molar-refractivity contribution in [2.75, 3.05) is 13.2 Å².